The molecule has 0 bridgehead atoms. The van der Waals surface area contributed by atoms with Gasteiger partial charge in [0.15, 0.2) is 0 Å². The maximum Gasteiger partial charge on any atom is 0.252 e. The zero-order chi connectivity index (χ0) is 21.9. The van der Waals surface area contributed by atoms with Crippen molar-refractivity contribution < 1.29 is 9.59 Å². The van der Waals surface area contributed by atoms with Gasteiger partial charge in [-0.05, 0) is 62.2 Å². The van der Waals surface area contributed by atoms with Crippen molar-refractivity contribution in [3.8, 4) is 6.07 Å². The van der Waals surface area contributed by atoms with Crippen molar-refractivity contribution in [3.63, 3.8) is 0 Å². The van der Waals surface area contributed by atoms with Crippen LogP contribution >= 0.6 is 0 Å². The highest BCUT2D eigenvalue weighted by Crippen LogP contribution is 2.31. The van der Waals surface area contributed by atoms with E-state index in [1.165, 1.54) is 6.92 Å². The van der Waals surface area contributed by atoms with E-state index in [4.69, 9.17) is 5.26 Å². The molecule has 2 aromatic carbocycles. The lowest BCUT2D eigenvalue weighted by molar-refractivity contribution is -0.126. The van der Waals surface area contributed by atoms with Crippen LogP contribution in [0.25, 0.3) is 0 Å². The molecule has 0 spiro atoms. The van der Waals surface area contributed by atoms with Crippen LogP contribution in [-0.2, 0) is 9.59 Å². The van der Waals surface area contributed by atoms with E-state index in [0.717, 1.165) is 16.8 Å². The first kappa shape index (κ1) is 21.1. The van der Waals surface area contributed by atoms with Gasteiger partial charge in [-0.25, -0.2) is 0 Å². The fraction of sp³-hybridized carbons (Fsp3) is 0.304. The Morgan fingerprint density at radius 3 is 2.40 bits per heavy atom. The van der Waals surface area contributed by atoms with E-state index in [9.17, 15) is 9.59 Å². The molecule has 2 aromatic rings. The molecule has 3 rings (SSSR count). The number of amides is 2. The summed E-state index contributed by atoms with van der Waals surface area (Å²) in [7, 11) is 0. The number of hydrogen-bond acceptors (Lipinski definition) is 5. The molecule has 1 heterocycles. The van der Waals surface area contributed by atoms with Gasteiger partial charge in [-0.1, -0.05) is 12.1 Å². The summed E-state index contributed by atoms with van der Waals surface area (Å²) in [6, 6.07) is 14.8. The summed E-state index contributed by atoms with van der Waals surface area (Å²) in [5.41, 5.74) is 3.67. The number of benzene rings is 2. The number of carbonyl (C=O) groups is 2. The molecule has 0 fully saturated rings. The normalized spacial score (nSPS) is 17.8. The third kappa shape index (κ3) is 4.18. The minimum absolute atomic E-state index is 0.125. The highest BCUT2D eigenvalue weighted by atomic mass is 16.2. The largest absolute Gasteiger partial charge is 0.326 e. The number of nitrogens with one attached hydrogen (secondary N) is 2. The highest BCUT2D eigenvalue weighted by Gasteiger charge is 2.44. The van der Waals surface area contributed by atoms with E-state index in [1.807, 2.05) is 45.0 Å². The number of nitriles is 1. The second-order valence-corrected chi connectivity index (χ2v) is 7.57. The van der Waals surface area contributed by atoms with Crippen molar-refractivity contribution in [2.24, 2.45) is 5.10 Å². The van der Waals surface area contributed by atoms with Gasteiger partial charge in [-0.15, -0.1) is 0 Å². The predicted octanol–water partition coefficient (Wildman–Crippen LogP) is 3.65. The number of hydrogen-bond donors (Lipinski definition) is 2. The Morgan fingerprint density at radius 1 is 1.17 bits per heavy atom. The first-order valence-corrected chi connectivity index (χ1v) is 9.82. The van der Waals surface area contributed by atoms with E-state index < -0.39 is 5.54 Å². The molecule has 0 saturated carbocycles. The van der Waals surface area contributed by atoms with Gasteiger partial charge in [-0.2, -0.15) is 10.4 Å². The Labute approximate surface area is 176 Å². The van der Waals surface area contributed by atoms with E-state index in [-0.39, 0.29) is 11.8 Å². The molecule has 30 heavy (non-hydrogen) atoms. The van der Waals surface area contributed by atoms with Crippen LogP contribution in [0.2, 0.25) is 0 Å². The summed E-state index contributed by atoms with van der Waals surface area (Å²) in [5, 5.41) is 21.3. The van der Waals surface area contributed by atoms with Gasteiger partial charge >= 0.3 is 0 Å². The van der Waals surface area contributed by atoms with Gasteiger partial charge in [0, 0.05) is 31.3 Å². The van der Waals surface area contributed by atoms with E-state index in [1.54, 1.807) is 23.2 Å². The van der Waals surface area contributed by atoms with E-state index >= 15 is 0 Å². The fourth-order valence-electron chi connectivity index (χ4n) is 3.57. The van der Waals surface area contributed by atoms with Crippen molar-refractivity contribution in [2.75, 3.05) is 17.2 Å². The average Bonchev–Trinajstić information content (AvgIpc) is 3.06. The molecule has 2 amide bonds. The molecule has 2 N–H and O–H groups in total. The Hall–Kier alpha value is -3.66. The lowest BCUT2D eigenvalue weighted by atomic mass is 9.91. The second-order valence-electron chi connectivity index (χ2n) is 7.57. The molecule has 1 unspecified atom stereocenters. The second kappa shape index (κ2) is 8.37. The van der Waals surface area contributed by atoms with Crippen molar-refractivity contribution in [1.82, 2.24) is 5.01 Å². The van der Waals surface area contributed by atoms with E-state index in [2.05, 4.69) is 21.8 Å². The smallest absolute Gasteiger partial charge is 0.252 e. The lowest BCUT2D eigenvalue weighted by Gasteiger charge is -2.32. The number of hydrazone groups is 1. The molecule has 7 nitrogen and oxygen atoms in total. The molecule has 0 radical (unpaired) electrons. The van der Waals surface area contributed by atoms with Crippen molar-refractivity contribution in [1.29, 1.82) is 5.26 Å². The third-order valence-electron chi connectivity index (χ3n) is 5.25. The van der Waals surface area contributed by atoms with Crippen molar-refractivity contribution in [3.05, 3.63) is 59.2 Å². The zero-order valence-electron chi connectivity index (χ0n) is 17.6. The van der Waals surface area contributed by atoms with E-state index in [0.29, 0.717) is 29.9 Å². The maximum atomic E-state index is 13.2. The summed E-state index contributed by atoms with van der Waals surface area (Å²) in [6.07, 6.45) is 0.460. The van der Waals surface area contributed by atoms with Crippen LogP contribution in [0.4, 0.5) is 11.4 Å². The molecular weight excluding hydrogens is 378 g/mol. The Bertz CT molecular complexity index is 1050. The summed E-state index contributed by atoms with van der Waals surface area (Å²) in [5.74, 6) is -0.275. The van der Waals surface area contributed by atoms with Gasteiger partial charge in [0.1, 0.15) is 5.54 Å². The summed E-state index contributed by atoms with van der Waals surface area (Å²) >= 11 is 0. The number of aryl methyl sites for hydroxylation is 1. The Balaban J connectivity index is 1.79. The molecule has 1 atom stereocenters. The predicted molar refractivity (Wildman–Crippen MR) is 117 cm³/mol. The minimum Gasteiger partial charge on any atom is -0.326 e. The van der Waals surface area contributed by atoms with Gasteiger partial charge in [-0.3, -0.25) is 14.6 Å². The van der Waals surface area contributed by atoms with Crippen LogP contribution in [0.3, 0.4) is 0 Å². The van der Waals surface area contributed by atoms with Crippen LogP contribution in [-0.4, -0.2) is 34.6 Å². The molecule has 0 aliphatic carbocycles. The van der Waals surface area contributed by atoms with Crippen LogP contribution in [0.5, 0.6) is 0 Å². The number of nitrogens with zero attached hydrogens (tertiary/aromatic N) is 3. The SMILES string of the molecule is CCN1N=C(c2ccc(NC(C)=O)cc2)CC1(C)C(=O)Nc1ccc(C#N)c(C)c1. The summed E-state index contributed by atoms with van der Waals surface area (Å²) in [6.45, 7) is 7.74. The number of anilines is 2. The molecule has 7 heteroatoms. The minimum atomic E-state index is -0.831. The van der Waals surface area contributed by atoms with Gasteiger partial charge in [0.05, 0.1) is 17.3 Å². The van der Waals surface area contributed by atoms with Gasteiger partial charge < -0.3 is 10.6 Å². The van der Waals surface area contributed by atoms with Gasteiger partial charge in [0.25, 0.3) is 5.91 Å². The van der Waals surface area contributed by atoms with Crippen LogP contribution < -0.4 is 10.6 Å². The molecule has 0 saturated heterocycles. The standard InChI is InChI=1S/C23H25N5O2/c1-5-28-23(4,22(30)26-20-11-8-18(14-24)15(2)12-20)13-21(27-28)17-6-9-19(10-7-17)25-16(3)29/h6-12H,5,13H2,1-4H3,(H,25,29)(H,26,30). The van der Waals surface area contributed by atoms with Crippen molar-refractivity contribution >= 4 is 28.9 Å². The summed E-state index contributed by atoms with van der Waals surface area (Å²) in [4.78, 5) is 24.4. The molecule has 154 valence electrons. The zero-order valence-corrected chi connectivity index (χ0v) is 17.6. The van der Waals surface area contributed by atoms with Crippen LogP contribution in [0.1, 0.15) is 43.9 Å². The lowest BCUT2D eigenvalue weighted by Crippen LogP contribution is -2.50. The monoisotopic (exact) mass is 403 g/mol. The molecular formula is C23H25N5O2. The number of carbonyl (C=O) groups excluding carboxylic acids is 2. The van der Waals surface area contributed by atoms with Crippen LogP contribution in [0.15, 0.2) is 47.6 Å². The Morgan fingerprint density at radius 2 is 1.83 bits per heavy atom. The molecule has 1 aliphatic heterocycles. The average molecular weight is 403 g/mol. The number of likely N-dealkylation sites (N-methyl/N-ethyl adjacent to an activating group) is 1. The van der Waals surface area contributed by atoms with Crippen molar-refractivity contribution in [2.45, 2.75) is 39.7 Å². The Kier molecular flexibility index (Phi) is 5.88. The highest BCUT2D eigenvalue weighted by molar-refractivity contribution is 6.09. The van der Waals surface area contributed by atoms with Gasteiger partial charge in [0.2, 0.25) is 5.91 Å². The van der Waals surface area contributed by atoms with Crippen LogP contribution in [0, 0.1) is 18.3 Å². The molecule has 0 aromatic heterocycles. The maximum absolute atomic E-state index is 13.2. The first-order valence-electron chi connectivity index (χ1n) is 9.82. The third-order valence-corrected chi connectivity index (χ3v) is 5.25. The quantitative estimate of drug-likeness (QED) is 0.796. The fourth-order valence-corrected chi connectivity index (χ4v) is 3.57. The molecule has 1 aliphatic rings. The first-order chi connectivity index (χ1) is 14.3. The summed E-state index contributed by atoms with van der Waals surface area (Å²) < 4.78 is 0. The topological polar surface area (TPSA) is 97.6 Å². The number of rotatable bonds is 5.